The van der Waals surface area contributed by atoms with E-state index >= 15 is 0 Å². The fourth-order valence-corrected chi connectivity index (χ4v) is 2.54. The Kier molecular flexibility index (Phi) is 3.87. The van der Waals surface area contributed by atoms with Gasteiger partial charge in [-0.2, -0.15) is 10.2 Å². The van der Waals surface area contributed by atoms with Crippen LogP contribution in [0.1, 0.15) is 12.1 Å². The van der Waals surface area contributed by atoms with Crippen molar-refractivity contribution in [1.29, 1.82) is 0 Å². The quantitative estimate of drug-likeness (QED) is 0.849. The molecule has 0 bridgehead atoms. The van der Waals surface area contributed by atoms with Gasteiger partial charge in [-0.25, -0.2) is 4.39 Å². The first-order valence-electron chi connectivity index (χ1n) is 6.70. The van der Waals surface area contributed by atoms with Gasteiger partial charge in [0.15, 0.2) is 5.82 Å². The van der Waals surface area contributed by atoms with E-state index in [1.54, 1.807) is 12.4 Å². The fourth-order valence-electron chi connectivity index (χ4n) is 2.54. The Balaban J connectivity index is 1.59. The summed E-state index contributed by atoms with van der Waals surface area (Å²) in [4.78, 5) is 1.98. The second-order valence-corrected chi connectivity index (χ2v) is 4.93. The van der Waals surface area contributed by atoms with E-state index in [9.17, 15) is 4.39 Å². The molecular weight excluding hydrogens is 259 g/mol. The van der Waals surface area contributed by atoms with Gasteiger partial charge in [-0.1, -0.05) is 0 Å². The van der Waals surface area contributed by atoms with E-state index in [2.05, 4.69) is 25.7 Å². The van der Waals surface area contributed by atoms with Gasteiger partial charge in [0.05, 0.1) is 6.54 Å². The molecule has 0 radical (unpaired) electrons. The number of anilines is 1. The zero-order valence-corrected chi connectivity index (χ0v) is 11.0. The number of halogens is 1. The number of H-pyrrole nitrogens is 1. The molecular formula is C13H17FN6. The van der Waals surface area contributed by atoms with E-state index in [-0.39, 0.29) is 6.04 Å². The lowest BCUT2D eigenvalue weighted by Crippen LogP contribution is -2.38. The number of hydrogen-bond donors (Lipinski definition) is 2. The second kappa shape index (κ2) is 5.96. The molecule has 2 aromatic rings. The van der Waals surface area contributed by atoms with Gasteiger partial charge >= 0.3 is 0 Å². The Hall–Kier alpha value is -2.02. The van der Waals surface area contributed by atoms with Crippen molar-refractivity contribution >= 4 is 5.82 Å². The number of nitrogens with one attached hydrogen (secondary N) is 2. The van der Waals surface area contributed by atoms with Gasteiger partial charge in [0.25, 0.3) is 0 Å². The predicted molar refractivity (Wildman–Crippen MR) is 73.0 cm³/mol. The maximum atomic E-state index is 13.7. The van der Waals surface area contributed by atoms with Crippen molar-refractivity contribution in [1.82, 2.24) is 25.7 Å². The SMILES string of the molecule is F[C@H]1C[C@@H](CNCc2ccn[nH]2)N(c2cccnn2)C1. The number of aromatic nitrogens is 4. The minimum Gasteiger partial charge on any atom is -0.348 e. The number of nitrogens with zero attached hydrogens (tertiary/aromatic N) is 4. The van der Waals surface area contributed by atoms with Crippen molar-refractivity contribution in [2.45, 2.75) is 25.2 Å². The molecule has 0 aliphatic carbocycles. The summed E-state index contributed by atoms with van der Waals surface area (Å²) in [5.41, 5.74) is 1.02. The molecule has 7 heteroatoms. The highest BCUT2D eigenvalue weighted by Crippen LogP contribution is 2.24. The van der Waals surface area contributed by atoms with Crippen LogP contribution in [-0.2, 0) is 6.54 Å². The highest BCUT2D eigenvalue weighted by Gasteiger charge is 2.32. The third kappa shape index (κ3) is 2.93. The Bertz CT molecular complexity index is 517. The monoisotopic (exact) mass is 276 g/mol. The number of aromatic amines is 1. The molecule has 0 saturated carbocycles. The van der Waals surface area contributed by atoms with Crippen LogP contribution in [0.3, 0.4) is 0 Å². The third-order valence-electron chi connectivity index (χ3n) is 3.47. The molecule has 0 spiro atoms. The highest BCUT2D eigenvalue weighted by molar-refractivity contribution is 5.40. The predicted octanol–water partition coefficient (Wildman–Crippen LogP) is 0.906. The van der Waals surface area contributed by atoms with Crippen LogP contribution in [0.5, 0.6) is 0 Å². The van der Waals surface area contributed by atoms with Crippen LogP contribution in [0.15, 0.2) is 30.6 Å². The van der Waals surface area contributed by atoms with Gasteiger partial charge in [0.1, 0.15) is 6.17 Å². The molecule has 3 heterocycles. The zero-order chi connectivity index (χ0) is 13.8. The summed E-state index contributed by atoms with van der Waals surface area (Å²) in [6, 6.07) is 5.71. The summed E-state index contributed by atoms with van der Waals surface area (Å²) in [7, 11) is 0. The van der Waals surface area contributed by atoms with Crippen molar-refractivity contribution in [3.8, 4) is 0 Å². The van der Waals surface area contributed by atoms with Crippen LogP contribution < -0.4 is 10.2 Å². The number of alkyl halides is 1. The van der Waals surface area contributed by atoms with Gasteiger partial charge in [0, 0.05) is 43.6 Å². The molecule has 2 atom stereocenters. The summed E-state index contributed by atoms with van der Waals surface area (Å²) in [6.07, 6.45) is 3.05. The van der Waals surface area contributed by atoms with Crippen LogP contribution in [0.2, 0.25) is 0 Å². The first-order chi connectivity index (χ1) is 9.83. The summed E-state index contributed by atoms with van der Waals surface area (Å²) in [5.74, 6) is 0.737. The fraction of sp³-hybridized carbons (Fsp3) is 0.462. The lowest BCUT2D eigenvalue weighted by atomic mass is 10.2. The molecule has 0 unspecified atom stereocenters. The largest absolute Gasteiger partial charge is 0.348 e. The minimum atomic E-state index is -0.809. The molecule has 0 amide bonds. The lowest BCUT2D eigenvalue weighted by Gasteiger charge is -2.24. The molecule has 0 aromatic carbocycles. The van der Waals surface area contributed by atoms with Crippen molar-refractivity contribution in [2.75, 3.05) is 18.0 Å². The van der Waals surface area contributed by atoms with E-state index < -0.39 is 6.17 Å². The molecule has 106 valence electrons. The molecule has 1 aliphatic rings. The van der Waals surface area contributed by atoms with Crippen molar-refractivity contribution in [3.05, 3.63) is 36.3 Å². The lowest BCUT2D eigenvalue weighted by molar-refractivity contribution is 0.354. The molecule has 20 heavy (non-hydrogen) atoms. The topological polar surface area (TPSA) is 69.7 Å². The number of rotatable bonds is 5. The first-order valence-corrected chi connectivity index (χ1v) is 6.70. The maximum absolute atomic E-state index is 13.7. The average Bonchev–Trinajstić information content (AvgIpc) is 3.10. The summed E-state index contributed by atoms with van der Waals surface area (Å²) in [5, 5.41) is 18.0. The summed E-state index contributed by atoms with van der Waals surface area (Å²) < 4.78 is 13.7. The highest BCUT2D eigenvalue weighted by atomic mass is 19.1. The molecule has 3 rings (SSSR count). The summed E-state index contributed by atoms with van der Waals surface area (Å²) >= 11 is 0. The maximum Gasteiger partial charge on any atom is 0.151 e. The zero-order valence-electron chi connectivity index (χ0n) is 11.0. The Morgan fingerprint density at radius 3 is 3.10 bits per heavy atom. The van der Waals surface area contributed by atoms with E-state index in [1.165, 1.54) is 0 Å². The molecule has 2 N–H and O–H groups in total. The minimum absolute atomic E-state index is 0.102. The first kappa shape index (κ1) is 13.0. The van der Waals surface area contributed by atoms with Gasteiger partial charge in [0.2, 0.25) is 0 Å². The Morgan fingerprint density at radius 2 is 2.35 bits per heavy atom. The van der Waals surface area contributed by atoms with Crippen molar-refractivity contribution in [2.24, 2.45) is 0 Å². The van der Waals surface area contributed by atoms with Gasteiger partial charge in [-0.3, -0.25) is 5.10 Å². The van der Waals surface area contributed by atoms with Crippen LogP contribution in [0.4, 0.5) is 10.2 Å². The standard InChI is InChI=1S/C13H17FN6/c14-10-6-12(8-15-7-11-3-5-17-18-11)20(9-10)13-2-1-4-16-19-13/h1-5,10,12,15H,6-9H2,(H,17,18)/t10-,12-/m0/s1. The third-order valence-corrected chi connectivity index (χ3v) is 3.47. The van der Waals surface area contributed by atoms with Gasteiger partial charge < -0.3 is 10.2 Å². The normalized spacial score (nSPS) is 22.4. The van der Waals surface area contributed by atoms with E-state index in [4.69, 9.17) is 0 Å². The van der Waals surface area contributed by atoms with Crippen molar-refractivity contribution < 1.29 is 4.39 Å². The van der Waals surface area contributed by atoms with Crippen molar-refractivity contribution in [3.63, 3.8) is 0 Å². The van der Waals surface area contributed by atoms with Crippen LogP contribution in [-0.4, -0.2) is 45.7 Å². The second-order valence-electron chi connectivity index (χ2n) is 4.93. The van der Waals surface area contributed by atoms with Crippen LogP contribution in [0.25, 0.3) is 0 Å². The molecule has 6 nitrogen and oxygen atoms in total. The Labute approximate surface area is 116 Å². The van der Waals surface area contributed by atoms with E-state index in [0.29, 0.717) is 26.1 Å². The molecule has 1 aliphatic heterocycles. The van der Waals surface area contributed by atoms with Gasteiger partial charge in [-0.15, -0.1) is 5.10 Å². The van der Waals surface area contributed by atoms with E-state index in [0.717, 1.165) is 11.5 Å². The molecule has 1 fully saturated rings. The smallest absolute Gasteiger partial charge is 0.151 e. The Morgan fingerprint density at radius 1 is 1.40 bits per heavy atom. The van der Waals surface area contributed by atoms with E-state index in [1.807, 2.05) is 23.1 Å². The van der Waals surface area contributed by atoms with Crippen LogP contribution in [0, 0.1) is 0 Å². The molecule has 1 saturated heterocycles. The average molecular weight is 276 g/mol. The van der Waals surface area contributed by atoms with Crippen LogP contribution >= 0.6 is 0 Å². The number of hydrogen-bond acceptors (Lipinski definition) is 5. The molecule has 2 aromatic heterocycles. The summed E-state index contributed by atoms with van der Waals surface area (Å²) in [6.45, 7) is 1.78. The van der Waals surface area contributed by atoms with Gasteiger partial charge in [-0.05, 0) is 18.2 Å².